The molecule has 0 bridgehead atoms. The average molecular weight is 321 g/mol. The largest absolute Gasteiger partial charge is 0.497 e. The number of nitrogens with two attached hydrogens (primary N) is 1. The second-order valence-electron chi connectivity index (χ2n) is 5.74. The zero-order valence-electron chi connectivity index (χ0n) is 13.9. The smallest absolute Gasteiger partial charge is 0.252 e. The van der Waals surface area contributed by atoms with E-state index in [4.69, 9.17) is 10.5 Å². The quantitative estimate of drug-likeness (QED) is 0.768. The zero-order chi connectivity index (χ0) is 17.3. The second-order valence-corrected chi connectivity index (χ2v) is 5.74. The summed E-state index contributed by atoms with van der Waals surface area (Å²) in [5.41, 5.74) is 10.5. The predicted octanol–water partition coefficient (Wildman–Crippen LogP) is 3.70. The van der Waals surface area contributed by atoms with E-state index in [-0.39, 0.29) is 0 Å². The molecule has 0 aliphatic heterocycles. The molecule has 0 saturated carbocycles. The Bertz CT molecular complexity index is 935. The van der Waals surface area contributed by atoms with Crippen LogP contribution < -0.4 is 15.8 Å². The number of carbonyl (C=O) groups excluding carboxylic acids is 1. The molecular weight excluding hydrogens is 302 g/mol. The molecule has 2 aromatic carbocycles. The number of hydrogen-bond donors (Lipinski definition) is 2. The zero-order valence-corrected chi connectivity index (χ0v) is 13.9. The topological polar surface area (TPSA) is 77.2 Å². The molecule has 0 unspecified atom stereocenters. The van der Waals surface area contributed by atoms with Crippen molar-refractivity contribution in [3.63, 3.8) is 0 Å². The molecular formula is C19H19N3O2. The minimum atomic E-state index is -0.521. The number of aromatic nitrogens is 1. The van der Waals surface area contributed by atoms with E-state index in [1.807, 2.05) is 44.2 Å². The summed E-state index contributed by atoms with van der Waals surface area (Å²) in [6, 6.07) is 11.6. The Balaban J connectivity index is 2.19. The van der Waals surface area contributed by atoms with Gasteiger partial charge >= 0.3 is 0 Å². The molecule has 0 aliphatic rings. The first-order valence-electron chi connectivity index (χ1n) is 7.60. The van der Waals surface area contributed by atoms with E-state index < -0.39 is 5.91 Å². The van der Waals surface area contributed by atoms with Crippen molar-refractivity contribution < 1.29 is 9.53 Å². The molecule has 1 amide bonds. The summed E-state index contributed by atoms with van der Waals surface area (Å²) in [7, 11) is 1.60. The fourth-order valence-electron chi connectivity index (χ4n) is 2.71. The van der Waals surface area contributed by atoms with Crippen LogP contribution in [0.2, 0.25) is 0 Å². The van der Waals surface area contributed by atoms with Crippen molar-refractivity contribution in [3.8, 4) is 5.75 Å². The summed E-state index contributed by atoms with van der Waals surface area (Å²) in [4.78, 5) is 16.2. The summed E-state index contributed by atoms with van der Waals surface area (Å²) in [5.74, 6) is 0.187. The number of nitrogens with one attached hydrogen (secondary N) is 1. The van der Waals surface area contributed by atoms with Gasteiger partial charge in [0.2, 0.25) is 0 Å². The molecule has 1 heterocycles. The summed E-state index contributed by atoms with van der Waals surface area (Å²) in [5, 5.41) is 4.16. The van der Waals surface area contributed by atoms with Crippen LogP contribution >= 0.6 is 0 Å². The van der Waals surface area contributed by atoms with Crippen LogP contribution in [0.4, 0.5) is 11.4 Å². The van der Waals surface area contributed by atoms with Gasteiger partial charge in [-0.25, -0.2) is 0 Å². The Kier molecular flexibility index (Phi) is 4.08. The number of hydrogen-bond acceptors (Lipinski definition) is 4. The standard InChI is InChI=1S/C19H19N3O2/c1-11-4-7-16(12(2)8-11)22-18-14-6-5-13(24-3)9-17(14)21-10-15(18)19(20)23/h4-10H,1-3H3,(H2,20,23)(H,21,22). The first-order valence-corrected chi connectivity index (χ1v) is 7.60. The minimum Gasteiger partial charge on any atom is -0.497 e. The Morgan fingerprint density at radius 1 is 1.17 bits per heavy atom. The van der Waals surface area contributed by atoms with Gasteiger partial charge in [0.1, 0.15) is 5.75 Å². The number of pyridine rings is 1. The SMILES string of the molecule is COc1ccc2c(Nc3ccc(C)cc3C)c(C(N)=O)cnc2c1. The maximum atomic E-state index is 11.8. The van der Waals surface area contributed by atoms with Crippen LogP contribution in [-0.4, -0.2) is 18.0 Å². The molecule has 0 atom stereocenters. The van der Waals surface area contributed by atoms with Crippen LogP contribution in [0.25, 0.3) is 10.9 Å². The molecule has 3 N–H and O–H groups in total. The minimum absolute atomic E-state index is 0.354. The van der Waals surface area contributed by atoms with Gasteiger partial charge in [-0.1, -0.05) is 17.7 Å². The maximum Gasteiger partial charge on any atom is 0.252 e. The molecule has 1 aromatic heterocycles. The number of aryl methyl sites for hydroxylation is 2. The van der Waals surface area contributed by atoms with Crippen molar-refractivity contribution in [3.05, 3.63) is 59.3 Å². The third-order valence-electron chi connectivity index (χ3n) is 3.98. The van der Waals surface area contributed by atoms with Gasteiger partial charge < -0.3 is 15.8 Å². The summed E-state index contributed by atoms with van der Waals surface area (Å²) < 4.78 is 5.24. The lowest BCUT2D eigenvalue weighted by Gasteiger charge is -2.15. The molecule has 3 rings (SSSR count). The van der Waals surface area contributed by atoms with Gasteiger partial charge in [-0.15, -0.1) is 0 Å². The highest BCUT2D eigenvalue weighted by Crippen LogP contribution is 2.32. The summed E-state index contributed by atoms with van der Waals surface area (Å²) >= 11 is 0. The molecule has 0 fully saturated rings. The van der Waals surface area contributed by atoms with Crippen molar-refractivity contribution in [2.24, 2.45) is 5.73 Å². The maximum absolute atomic E-state index is 11.8. The van der Waals surface area contributed by atoms with Crippen molar-refractivity contribution in [2.45, 2.75) is 13.8 Å². The van der Waals surface area contributed by atoms with E-state index in [1.165, 1.54) is 11.8 Å². The highest BCUT2D eigenvalue weighted by Gasteiger charge is 2.15. The molecule has 0 saturated heterocycles. The average Bonchev–Trinajstić information content (AvgIpc) is 2.56. The van der Waals surface area contributed by atoms with Crippen molar-refractivity contribution in [1.82, 2.24) is 4.98 Å². The highest BCUT2D eigenvalue weighted by molar-refractivity contribution is 6.07. The number of anilines is 2. The number of amides is 1. The number of rotatable bonds is 4. The first kappa shape index (κ1) is 15.8. The van der Waals surface area contributed by atoms with E-state index >= 15 is 0 Å². The number of carbonyl (C=O) groups is 1. The third-order valence-corrected chi connectivity index (χ3v) is 3.98. The van der Waals surface area contributed by atoms with E-state index in [0.29, 0.717) is 17.0 Å². The number of primary amides is 1. The van der Waals surface area contributed by atoms with E-state index in [1.54, 1.807) is 7.11 Å². The van der Waals surface area contributed by atoms with Gasteiger partial charge in [-0.2, -0.15) is 0 Å². The number of ether oxygens (including phenoxy) is 1. The number of fused-ring (bicyclic) bond motifs is 1. The Morgan fingerprint density at radius 3 is 2.62 bits per heavy atom. The van der Waals surface area contributed by atoms with Gasteiger partial charge in [-0.05, 0) is 37.6 Å². The Labute approximate surface area is 140 Å². The lowest BCUT2D eigenvalue weighted by Crippen LogP contribution is -2.14. The fraction of sp³-hybridized carbons (Fsp3) is 0.158. The molecule has 0 aliphatic carbocycles. The van der Waals surface area contributed by atoms with Gasteiger partial charge in [0, 0.05) is 23.3 Å². The van der Waals surface area contributed by atoms with Crippen molar-refractivity contribution >= 4 is 28.2 Å². The number of methoxy groups -OCH3 is 1. The van der Waals surface area contributed by atoms with Crippen LogP contribution in [0.15, 0.2) is 42.6 Å². The Hall–Kier alpha value is -3.08. The van der Waals surface area contributed by atoms with E-state index in [0.717, 1.165) is 22.2 Å². The van der Waals surface area contributed by atoms with Crippen molar-refractivity contribution in [1.29, 1.82) is 0 Å². The van der Waals surface area contributed by atoms with Crippen LogP contribution in [0.5, 0.6) is 5.75 Å². The first-order chi connectivity index (χ1) is 11.5. The molecule has 122 valence electrons. The van der Waals surface area contributed by atoms with Gasteiger partial charge in [0.15, 0.2) is 0 Å². The highest BCUT2D eigenvalue weighted by atomic mass is 16.5. The van der Waals surface area contributed by atoms with E-state index in [9.17, 15) is 4.79 Å². The lowest BCUT2D eigenvalue weighted by atomic mass is 10.1. The normalized spacial score (nSPS) is 10.6. The Morgan fingerprint density at radius 2 is 1.96 bits per heavy atom. The van der Waals surface area contributed by atoms with Gasteiger partial charge in [0.25, 0.3) is 5.91 Å². The monoisotopic (exact) mass is 321 g/mol. The predicted molar refractivity (Wildman–Crippen MR) is 96.0 cm³/mol. The van der Waals surface area contributed by atoms with Crippen LogP contribution in [0, 0.1) is 13.8 Å². The molecule has 24 heavy (non-hydrogen) atoms. The van der Waals surface area contributed by atoms with Crippen LogP contribution in [0.3, 0.4) is 0 Å². The van der Waals surface area contributed by atoms with Gasteiger partial charge in [-0.3, -0.25) is 9.78 Å². The summed E-state index contributed by atoms with van der Waals surface area (Å²) in [6.45, 7) is 4.06. The van der Waals surface area contributed by atoms with E-state index in [2.05, 4.69) is 16.4 Å². The lowest BCUT2D eigenvalue weighted by molar-refractivity contribution is 0.100. The second kappa shape index (κ2) is 6.20. The molecule has 0 radical (unpaired) electrons. The molecule has 3 aromatic rings. The van der Waals surface area contributed by atoms with Crippen LogP contribution in [0.1, 0.15) is 21.5 Å². The van der Waals surface area contributed by atoms with Crippen molar-refractivity contribution in [2.75, 3.05) is 12.4 Å². The number of nitrogens with zero attached hydrogens (tertiary/aromatic N) is 1. The molecule has 0 spiro atoms. The van der Waals surface area contributed by atoms with Gasteiger partial charge in [0.05, 0.1) is 23.9 Å². The molecule has 5 heteroatoms. The summed E-state index contributed by atoms with van der Waals surface area (Å²) in [6.07, 6.45) is 1.50. The van der Waals surface area contributed by atoms with Crippen LogP contribution in [-0.2, 0) is 0 Å². The molecule has 5 nitrogen and oxygen atoms in total. The number of benzene rings is 2. The third kappa shape index (κ3) is 2.88. The fourth-order valence-corrected chi connectivity index (χ4v) is 2.71.